The fourth-order valence-corrected chi connectivity index (χ4v) is 6.42. The number of rotatable bonds is 11. The zero-order valence-corrected chi connectivity index (χ0v) is 22.8. The minimum atomic E-state index is -3.63. The van der Waals surface area contributed by atoms with E-state index in [-0.39, 0.29) is 16.4 Å². The normalized spacial score (nSPS) is 11.9. The number of nitrogens with two attached hydrogens (primary N) is 1. The number of sulfonamides is 1. The summed E-state index contributed by atoms with van der Waals surface area (Å²) in [5, 5.41) is 8.64. The van der Waals surface area contributed by atoms with Crippen molar-refractivity contribution in [2.24, 2.45) is 0 Å². The molecular formula is C25H30N6O4S2. The molecule has 0 saturated heterocycles. The van der Waals surface area contributed by atoms with Crippen LogP contribution < -0.4 is 5.84 Å². The highest BCUT2D eigenvalue weighted by Crippen LogP contribution is 2.26. The van der Waals surface area contributed by atoms with E-state index in [1.165, 1.54) is 26.8 Å². The van der Waals surface area contributed by atoms with Gasteiger partial charge in [0.05, 0.1) is 23.5 Å². The summed E-state index contributed by atoms with van der Waals surface area (Å²) in [6.07, 6.45) is 1.63. The maximum Gasteiger partial charge on any atom is 0.243 e. The summed E-state index contributed by atoms with van der Waals surface area (Å²) >= 11 is 1.18. The van der Waals surface area contributed by atoms with Gasteiger partial charge in [-0.1, -0.05) is 37.7 Å². The van der Waals surface area contributed by atoms with Crippen LogP contribution in [0.1, 0.15) is 41.4 Å². The van der Waals surface area contributed by atoms with Gasteiger partial charge in [0, 0.05) is 35.6 Å². The quantitative estimate of drug-likeness (QED) is 0.172. The third-order valence-electron chi connectivity index (χ3n) is 6.20. The SMILES string of the molecule is CCN(CC)S(=O)(=O)c1cccc(-c2nnc(SCC(=O)c3cc(C)n(Cc4ccco4)c3C)n2N)c1. The Kier molecular flexibility index (Phi) is 7.90. The number of nitrogen functional groups attached to an aromatic ring is 1. The molecule has 0 atom stereocenters. The van der Waals surface area contributed by atoms with E-state index < -0.39 is 10.0 Å². The lowest BCUT2D eigenvalue weighted by molar-refractivity contribution is 0.102. The number of carbonyl (C=O) groups excluding carboxylic acids is 1. The first kappa shape index (κ1) is 26.7. The summed E-state index contributed by atoms with van der Waals surface area (Å²) in [5.74, 6) is 7.44. The number of hydrogen-bond donors (Lipinski definition) is 1. The molecule has 10 nitrogen and oxygen atoms in total. The number of aromatic nitrogens is 4. The molecule has 0 saturated carbocycles. The fourth-order valence-electron chi connectivity index (χ4n) is 4.17. The average molecular weight is 543 g/mol. The van der Waals surface area contributed by atoms with Crippen LogP contribution in [0.2, 0.25) is 0 Å². The van der Waals surface area contributed by atoms with E-state index in [4.69, 9.17) is 10.3 Å². The monoisotopic (exact) mass is 542 g/mol. The van der Waals surface area contributed by atoms with Crippen molar-refractivity contribution in [3.8, 4) is 11.4 Å². The number of Topliss-reactive ketones (excluding diaryl/α,β-unsaturated/α-hetero) is 1. The molecule has 37 heavy (non-hydrogen) atoms. The molecule has 0 unspecified atom stereocenters. The Morgan fingerprint density at radius 2 is 1.86 bits per heavy atom. The molecule has 0 aliphatic heterocycles. The highest BCUT2D eigenvalue weighted by molar-refractivity contribution is 7.99. The topological polar surface area (TPSA) is 129 Å². The highest BCUT2D eigenvalue weighted by atomic mass is 32.2. The molecule has 0 radical (unpaired) electrons. The first-order valence-corrected chi connectivity index (χ1v) is 14.3. The second-order valence-electron chi connectivity index (χ2n) is 8.46. The number of hydrogen-bond acceptors (Lipinski definition) is 8. The van der Waals surface area contributed by atoms with Crippen molar-refractivity contribution < 1.29 is 17.6 Å². The van der Waals surface area contributed by atoms with Crippen LogP contribution in [-0.4, -0.2) is 56.8 Å². The Bertz CT molecular complexity index is 1500. The van der Waals surface area contributed by atoms with Gasteiger partial charge in [-0.3, -0.25) is 4.79 Å². The Hall–Kier alpha value is -3.35. The zero-order chi connectivity index (χ0) is 26.7. The van der Waals surface area contributed by atoms with Gasteiger partial charge in [0.15, 0.2) is 11.6 Å². The molecule has 4 rings (SSSR count). The van der Waals surface area contributed by atoms with Crippen LogP contribution in [0.4, 0.5) is 0 Å². The van der Waals surface area contributed by atoms with Crippen molar-refractivity contribution in [3.05, 3.63) is 71.4 Å². The van der Waals surface area contributed by atoms with Crippen molar-refractivity contribution in [2.45, 2.75) is 44.3 Å². The average Bonchev–Trinajstić information content (AvgIpc) is 3.60. The largest absolute Gasteiger partial charge is 0.467 e. The molecule has 3 heterocycles. The van der Waals surface area contributed by atoms with Gasteiger partial charge in [-0.25, -0.2) is 13.1 Å². The van der Waals surface area contributed by atoms with E-state index in [1.807, 2.05) is 36.6 Å². The van der Waals surface area contributed by atoms with E-state index in [9.17, 15) is 13.2 Å². The Morgan fingerprint density at radius 1 is 1.11 bits per heavy atom. The molecule has 2 N–H and O–H groups in total. The van der Waals surface area contributed by atoms with Crippen molar-refractivity contribution in [3.63, 3.8) is 0 Å². The summed E-state index contributed by atoms with van der Waals surface area (Å²) in [6, 6.07) is 12.1. The molecule has 1 aromatic carbocycles. The number of nitrogens with zero attached hydrogens (tertiary/aromatic N) is 5. The van der Waals surface area contributed by atoms with Crippen molar-refractivity contribution in [1.29, 1.82) is 0 Å². The van der Waals surface area contributed by atoms with Crippen LogP contribution >= 0.6 is 11.8 Å². The van der Waals surface area contributed by atoms with E-state index in [1.54, 1.807) is 38.3 Å². The number of furan rings is 1. The van der Waals surface area contributed by atoms with Crippen molar-refractivity contribution in [1.82, 2.24) is 23.7 Å². The Morgan fingerprint density at radius 3 is 2.54 bits per heavy atom. The molecular weight excluding hydrogens is 512 g/mol. The number of carbonyl (C=O) groups is 1. The van der Waals surface area contributed by atoms with Gasteiger partial charge in [0.1, 0.15) is 5.76 Å². The maximum absolute atomic E-state index is 13.0. The van der Waals surface area contributed by atoms with Crippen LogP contribution in [0.15, 0.2) is 63.2 Å². The molecule has 0 fully saturated rings. The van der Waals surface area contributed by atoms with Crippen LogP contribution in [0.5, 0.6) is 0 Å². The minimum absolute atomic E-state index is 0.0549. The molecule has 0 amide bonds. The van der Waals surface area contributed by atoms with Crippen LogP contribution in [0.25, 0.3) is 11.4 Å². The molecule has 4 aromatic rings. The predicted octanol–water partition coefficient (Wildman–Crippen LogP) is 3.72. The number of thioether (sulfide) groups is 1. The van der Waals surface area contributed by atoms with Crippen LogP contribution in [0.3, 0.4) is 0 Å². The molecule has 12 heteroatoms. The molecule has 0 spiro atoms. The maximum atomic E-state index is 13.0. The highest BCUT2D eigenvalue weighted by Gasteiger charge is 2.23. The molecule has 0 aliphatic carbocycles. The Labute approximate surface area is 220 Å². The second kappa shape index (κ2) is 11.0. The zero-order valence-electron chi connectivity index (χ0n) is 21.2. The standard InChI is InChI=1S/C25H30N6O4S2/c1-5-29(6-2)37(33,34)21-11-7-9-19(14-21)24-27-28-25(31(24)26)36-16-23(32)22-13-17(3)30(18(22)4)15-20-10-8-12-35-20/h7-14H,5-6,15-16,26H2,1-4H3. The third-order valence-corrected chi connectivity index (χ3v) is 9.19. The lowest BCUT2D eigenvalue weighted by atomic mass is 10.2. The van der Waals surface area contributed by atoms with E-state index in [2.05, 4.69) is 10.2 Å². The number of ketones is 1. The van der Waals surface area contributed by atoms with Gasteiger partial charge >= 0.3 is 0 Å². The number of aryl methyl sites for hydroxylation is 1. The molecule has 0 aliphatic rings. The summed E-state index contributed by atoms with van der Waals surface area (Å²) in [5.41, 5.74) is 2.98. The summed E-state index contributed by atoms with van der Waals surface area (Å²) < 4.78 is 36.0. The Balaban J connectivity index is 1.50. The van der Waals surface area contributed by atoms with Crippen LogP contribution in [0, 0.1) is 13.8 Å². The van der Waals surface area contributed by atoms with E-state index >= 15 is 0 Å². The minimum Gasteiger partial charge on any atom is -0.467 e. The van der Waals surface area contributed by atoms with Gasteiger partial charge < -0.3 is 14.8 Å². The fraction of sp³-hybridized carbons (Fsp3) is 0.320. The number of benzene rings is 1. The first-order chi connectivity index (χ1) is 17.7. The molecule has 196 valence electrons. The summed E-state index contributed by atoms with van der Waals surface area (Å²) in [7, 11) is -3.63. The van der Waals surface area contributed by atoms with E-state index in [0.29, 0.717) is 41.7 Å². The molecule has 0 bridgehead atoms. The van der Waals surface area contributed by atoms with Crippen molar-refractivity contribution >= 4 is 27.6 Å². The van der Waals surface area contributed by atoms with Gasteiger partial charge in [0.2, 0.25) is 15.2 Å². The summed E-state index contributed by atoms with van der Waals surface area (Å²) in [6.45, 7) is 8.75. The predicted molar refractivity (Wildman–Crippen MR) is 142 cm³/mol. The molecule has 3 aromatic heterocycles. The second-order valence-corrected chi connectivity index (χ2v) is 11.3. The lowest BCUT2D eigenvalue weighted by Gasteiger charge is -2.18. The third kappa shape index (κ3) is 5.36. The lowest BCUT2D eigenvalue weighted by Crippen LogP contribution is -2.30. The van der Waals surface area contributed by atoms with Crippen LogP contribution in [-0.2, 0) is 16.6 Å². The van der Waals surface area contributed by atoms with E-state index in [0.717, 1.165) is 17.1 Å². The van der Waals surface area contributed by atoms with Gasteiger partial charge in [0.25, 0.3) is 0 Å². The van der Waals surface area contributed by atoms with Crippen molar-refractivity contribution in [2.75, 3.05) is 24.7 Å². The van der Waals surface area contributed by atoms with Gasteiger partial charge in [-0.2, -0.15) is 4.31 Å². The summed E-state index contributed by atoms with van der Waals surface area (Å²) in [4.78, 5) is 13.2. The smallest absolute Gasteiger partial charge is 0.243 e. The van der Waals surface area contributed by atoms with Gasteiger partial charge in [-0.15, -0.1) is 10.2 Å². The first-order valence-electron chi connectivity index (χ1n) is 11.8. The van der Waals surface area contributed by atoms with Gasteiger partial charge in [-0.05, 0) is 44.2 Å².